The maximum absolute atomic E-state index is 10.2. The van der Waals surface area contributed by atoms with Gasteiger partial charge in [0.2, 0.25) is 0 Å². The van der Waals surface area contributed by atoms with Gasteiger partial charge in [-0.1, -0.05) is 6.07 Å². The number of aromatic nitrogens is 1. The molecule has 2 aromatic rings. The molecule has 0 aliphatic carbocycles. The number of rotatable bonds is 2. The normalized spacial score (nSPS) is 15.4. The predicted molar refractivity (Wildman–Crippen MR) is 69.5 cm³/mol. The molecule has 1 aromatic carbocycles. The number of hydrogen-bond donors (Lipinski definition) is 1. The fourth-order valence-electron chi connectivity index (χ4n) is 1.91. The standard InChI is InChI=1S/C12H10BrNO2S/c13-10-6-17-12(14-10)11(15)8-1-2-9-7(5-8)3-4-16-9/h1-2,5-6,11,15H,3-4H2. The summed E-state index contributed by atoms with van der Waals surface area (Å²) in [5, 5.41) is 12.8. The van der Waals surface area contributed by atoms with Crippen molar-refractivity contribution in [2.45, 2.75) is 12.5 Å². The average Bonchev–Trinajstić information content (AvgIpc) is 2.95. The molecule has 1 aliphatic rings. The van der Waals surface area contributed by atoms with Crippen molar-refractivity contribution in [3.8, 4) is 5.75 Å². The molecule has 1 aliphatic heterocycles. The quantitative estimate of drug-likeness (QED) is 0.927. The summed E-state index contributed by atoms with van der Waals surface area (Å²) in [7, 11) is 0. The Balaban J connectivity index is 1.94. The lowest BCUT2D eigenvalue weighted by molar-refractivity contribution is 0.219. The molecule has 0 bridgehead atoms. The van der Waals surface area contributed by atoms with Gasteiger partial charge in [0.05, 0.1) is 6.61 Å². The highest BCUT2D eigenvalue weighted by Gasteiger charge is 2.18. The summed E-state index contributed by atoms with van der Waals surface area (Å²) in [5.74, 6) is 0.932. The first-order valence-corrected chi connectivity index (χ1v) is 6.96. The van der Waals surface area contributed by atoms with Gasteiger partial charge in [0.25, 0.3) is 0 Å². The van der Waals surface area contributed by atoms with Gasteiger partial charge in [0.15, 0.2) is 0 Å². The molecule has 2 heterocycles. The van der Waals surface area contributed by atoms with Crippen LogP contribution in [0.5, 0.6) is 5.75 Å². The van der Waals surface area contributed by atoms with Crippen LogP contribution in [0.3, 0.4) is 0 Å². The summed E-state index contributed by atoms with van der Waals surface area (Å²) in [6.07, 6.45) is 0.259. The Bertz CT molecular complexity index is 555. The number of aliphatic hydroxyl groups is 1. The van der Waals surface area contributed by atoms with Crippen molar-refractivity contribution in [3.63, 3.8) is 0 Å². The smallest absolute Gasteiger partial charge is 0.131 e. The van der Waals surface area contributed by atoms with Crippen LogP contribution in [0.2, 0.25) is 0 Å². The third-order valence-electron chi connectivity index (χ3n) is 2.76. The molecule has 0 spiro atoms. The SMILES string of the molecule is OC(c1ccc2c(c1)CCO2)c1nc(Br)cs1. The second-order valence-electron chi connectivity index (χ2n) is 3.88. The minimum atomic E-state index is -0.655. The Kier molecular flexibility index (Phi) is 2.90. The van der Waals surface area contributed by atoms with Gasteiger partial charge in [0.1, 0.15) is 21.5 Å². The highest BCUT2D eigenvalue weighted by Crippen LogP contribution is 2.32. The van der Waals surface area contributed by atoms with Crippen molar-refractivity contribution in [1.82, 2.24) is 4.98 Å². The van der Waals surface area contributed by atoms with Crippen LogP contribution in [0.4, 0.5) is 0 Å². The highest BCUT2D eigenvalue weighted by molar-refractivity contribution is 9.10. The van der Waals surface area contributed by atoms with Gasteiger partial charge in [-0.2, -0.15) is 0 Å². The zero-order valence-electron chi connectivity index (χ0n) is 8.89. The molecule has 0 amide bonds. The van der Waals surface area contributed by atoms with Crippen LogP contribution >= 0.6 is 27.3 Å². The van der Waals surface area contributed by atoms with E-state index >= 15 is 0 Å². The maximum atomic E-state index is 10.2. The van der Waals surface area contributed by atoms with Crippen LogP contribution < -0.4 is 4.74 Å². The Morgan fingerprint density at radius 2 is 2.35 bits per heavy atom. The highest BCUT2D eigenvalue weighted by atomic mass is 79.9. The summed E-state index contributed by atoms with van der Waals surface area (Å²) < 4.78 is 6.21. The van der Waals surface area contributed by atoms with Crippen LogP contribution in [0, 0.1) is 0 Å². The van der Waals surface area contributed by atoms with Crippen molar-refractivity contribution in [2.75, 3.05) is 6.61 Å². The summed E-state index contributed by atoms with van der Waals surface area (Å²) in [4.78, 5) is 4.23. The van der Waals surface area contributed by atoms with Gasteiger partial charge in [-0.25, -0.2) is 4.98 Å². The summed E-state index contributed by atoms with van der Waals surface area (Å²) in [6, 6.07) is 5.82. The number of fused-ring (bicyclic) bond motifs is 1. The predicted octanol–water partition coefficient (Wildman–Crippen LogP) is 2.92. The zero-order valence-corrected chi connectivity index (χ0v) is 11.3. The lowest BCUT2D eigenvalue weighted by atomic mass is 10.0. The van der Waals surface area contributed by atoms with Crippen LogP contribution in [-0.4, -0.2) is 16.7 Å². The number of benzene rings is 1. The monoisotopic (exact) mass is 311 g/mol. The van der Waals surface area contributed by atoms with Crippen LogP contribution in [-0.2, 0) is 6.42 Å². The van der Waals surface area contributed by atoms with Gasteiger partial charge >= 0.3 is 0 Å². The fourth-order valence-corrected chi connectivity index (χ4v) is 3.19. The molecule has 3 rings (SSSR count). The molecule has 0 radical (unpaired) electrons. The molecule has 1 unspecified atom stereocenters. The first kappa shape index (κ1) is 11.2. The summed E-state index contributed by atoms with van der Waals surface area (Å²) >= 11 is 4.74. The van der Waals surface area contributed by atoms with E-state index < -0.39 is 6.10 Å². The molecule has 3 nitrogen and oxygen atoms in total. The number of halogens is 1. The van der Waals surface area contributed by atoms with E-state index in [-0.39, 0.29) is 0 Å². The van der Waals surface area contributed by atoms with E-state index in [4.69, 9.17) is 4.74 Å². The summed E-state index contributed by atoms with van der Waals surface area (Å²) in [5.41, 5.74) is 2.04. The van der Waals surface area contributed by atoms with Gasteiger partial charge in [-0.05, 0) is 39.2 Å². The molecule has 0 saturated heterocycles. The van der Waals surface area contributed by atoms with E-state index in [9.17, 15) is 5.11 Å². The van der Waals surface area contributed by atoms with Crippen molar-refractivity contribution in [3.05, 3.63) is 44.3 Å². The lowest BCUT2D eigenvalue weighted by Gasteiger charge is -2.09. The van der Waals surface area contributed by atoms with Crippen molar-refractivity contribution in [2.24, 2.45) is 0 Å². The van der Waals surface area contributed by atoms with E-state index in [1.165, 1.54) is 11.3 Å². The Morgan fingerprint density at radius 1 is 1.47 bits per heavy atom. The first-order valence-electron chi connectivity index (χ1n) is 5.28. The van der Waals surface area contributed by atoms with Gasteiger partial charge in [-0.3, -0.25) is 0 Å². The van der Waals surface area contributed by atoms with Crippen LogP contribution in [0.15, 0.2) is 28.2 Å². The van der Waals surface area contributed by atoms with Crippen molar-refractivity contribution >= 4 is 27.3 Å². The number of hydrogen-bond acceptors (Lipinski definition) is 4. The van der Waals surface area contributed by atoms with E-state index in [2.05, 4.69) is 20.9 Å². The molecule has 88 valence electrons. The van der Waals surface area contributed by atoms with E-state index in [1.54, 1.807) is 0 Å². The average molecular weight is 312 g/mol. The number of ether oxygens (including phenoxy) is 1. The second-order valence-corrected chi connectivity index (χ2v) is 5.58. The molecule has 5 heteroatoms. The van der Waals surface area contributed by atoms with E-state index in [0.29, 0.717) is 5.01 Å². The molecule has 1 N–H and O–H groups in total. The van der Waals surface area contributed by atoms with Crippen molar-refractivity contribution < 1.29 is 9.84 Å². The maximum Gasteiger partial charge on any atom is 0.131 e. The van der Waals surface area contributed by atoms with E-state index in [1.807, 2.05) is 23.6 Å². The molecule has 0 saturated carbocycles. The van der Waals surface area contributed by atoms with Gasteiger partial charge < -0.3 is 9.84 Å². The molecule has 1 aromatic heterocycles. The molecular formula is C12H10BrNO2S. The van der Waals surface area contributed by atoms with Gasteiger partial charge in [-0.15, -0.1) is 11.3 Å². The van der Waals surface area contributed by atoms with Crippen molar-refractivity contribution in [1.29, 1.82) is 0 Å². The third-order valence-corrected chi connectivity index (χ3v) is 4.36. The zero-order chi connectivity index (χ0) is 11.8. The summed E-state index contributed by atoms with van der Waals surface area (Å²) in [6.45, 7) is 0.734. The van der Waals surface area contributed by atoms with Crippen LogP contribution in [0.25, 0.3) is 0 Å². The Labute approximate surface area is 111 Å². The molecular weight excluding hydrogens is 302 g/mol. The topological polar surface area (TPSA) is 42.4 Å². The van der Waals surface area contributed by atoms with E-state index in [0.717, 1.165) is 34.5 Å². The molecule has 0 fully saturated rings. The molecule has 1 atom stereocenters. The Hall–Kier alpha value is -0.910. The number of thiazole rings is 1. The number of aliphatic hydroxyl groups excluding tert-OH is 1. The third kappa shape index (κ3) is 2.10. The molecule has 17 heavy (non-hydrogen) atoms. The Morgan fingerprint density at radius 3 is 3.12 bits per heavy atom. The van der Waals surface area contributed by atoms with Gasteiger partial charge in [0, 0.05) is 11.8 Å². The second kappa shape index (κ2) is 4.40. The number of nitrogens with zero attached hydrogens (tertiary/aromatic N) is 1. The first-order chi connectivity index (χ1) is 8.24. The lowest BCUT2D eigenvalue weighted by Crippen LogP contribution is -1.99. The minimum Gasteiger partial charge on any atom is -0.493 e. The largest absolute Gasteiger partial charge is 0.493 e. The fraction of sp³-hybridized carbons (Fsp3) is 0.250. The minimum absolute atomic E-state index is 0.655. The van der Waals surface area contributed by atoms with Crippen LogP contribution in [0.1, 0.15) is 22.2 Å².